The molecule has 0 saturated heterocycles. The lowest BCUT2D eigenvalue weighted by Crippen LogP contribution is -2.38. The molecule has 7 nitrogen and oxygen atoms in total. The van der Waals surface area contributed by atoms with E-state index in [1.807, 2.05) is 12.1 Å². The second-order valence-electron chi connectivity index (χ2n) is 7.45. The van der Waals surface area contributed by atoms with Gasteiger partial charge >= 0.3 is 0 Å². The van der Waals surface area contributed by atoms with E-state index < -0.39 is 0 Å². The highest BCUT2D eigenvalue weighted by molar-refractivity contribution is 14.0. The molecule has 168 valence electrons. The van der Waals surface area contributed by atoms with Gasteiger partial charge in [0.25, 0.3) is 0 Å². The maximum absolute atomic E-state index is 5.28. The molecule has 0 bridgehead atoms. The van der Waals surface area contributed by atoms with Crippen molar-refractivity contribution in [2.24, 2.45) is 4.99 Å². The Morgan fingerprint density at radius 3 is 2.50 bits per heavy atom. The Labute approximate surface area is 197 Å². The van der Waals surface area contributed by atoms with Gasteiger partial charge < -0.3 is 19.9 Å². The van der Waals surface area contributed by atoms with E-state index in [2.05, 4.69) is 65.6 Å². The zero-order chi connectivity index (χ0) is 21.1. The largest absolute Gasteiger partial charge is 0.497 e. The maximum Gasteiger partial charge on any atom is 0.226 e. The van der Waals surface area contributed by atoms with Gasteiger partial charge in [-0.25, -0.2) is 0 Å². The van der Waals surface area contributed by atoms with Gasteiger partial charge in [-0.1, -0.05) is 38.1 Å². The van der Waals surface area contributed by atoms with Gasteiger partial charge in [0, 0.05) is 32.0 Å². The molecular formula is C22H36IN5O2. The molecule has 1 unspecified atom stereocenters. The molecule has 2 aromatic rings. The Balaban J connectivity index is 0.00000450. The average Bonchev–Trinajstić information content (AvgIpc) is 3.20. The Morgan fingerprint density at radius 1 is 1.17 bits per heavy atom. The van der Waals surface area contributed by atoms with Crippen LogP contribution in [0, 0.1) is 0 Å². The van der Waals surface area contributed by atoms with Crippen LogP contribution in [0.25, 0.3) is 0 Å². The van der Waals surface area contributed by atoms with E-state index >= 15 is 0 Å². The molecule has 0 amide bonds. The summed E-state index contributed by atoms with van der Waals surface area (Å²) in [5, 5.41) is 10.7. The van der Waals surface area contributed by atoms with Crippen molar-refractivity contribution in [1.29, 1.82) is 0 Å². The molecule has 0 saturated carbocycles. The van der Waals surface area contributed by atoms with Crippen LogP contribution in [0.1, 0.15) is 69.7 Å². The maximum atomic E-state index is 5.28. The first-order chi connectivity index (χ1) is 14.0. The normalized spacial score (nSPS) is 12.4. The van der Waals surface area contributed by atoms with Crippen LogP contribution in [0.5, 0.6) is 5.75 Å². The standard InChI is InChI=1S/C22H35N5O2.HI/c1-6-23-22(24-14-7-8-20-26-21(16(2)3)27-29-20)25-15-13-17(4)18-9-11-19(28-5)12-10-18;/h9-12,16-17H,6-8,13-15H2,1-5H3,(H2,23,24,25);1H. The first-order valence-corrected chi connectivity index (χ1v) is 10.5. The summed E-state index contributed by atoms with van der Waals surface area (Å²) < 4.78 is 10.5. The number of aliphatic imine (C=N–C) groups is 1. The number of nitrogens with zero attached hydrogens (tertiary/aromatic N) is 3. The molecule has 30 heavy (non-hydrogen) atoms. The summed E-state index contributed by atoms with van der Waals surface area (Å²) in [5.41, 5.74) is 1.31. The molecule has 0 aliphatic carbocycles. The monoisotopic (exact) mass is 529 g/mol. The van der Waals surface area contributed by atoms with Crippen LogP contribution in [0.3, 0.4) is 0 Å². The lowest BCUT2D eigenvalue weighted by molar-refractivity contribution is 0.369. The number of rotatable bonds is 11. The van der Waals surface area contributed by atoms with Crippen LogP contribution in [-0.4, -0.2) is 42.8 Å². The third-order valence-electron chi connectivity index (χ3n) is 4.72. The smallest absolute Gasteiger partial charge is 0.226 e. The fourth-order valence-electron chi connectivity index (χ4n) is 2.87. The second-order valence-corrected chi connectivity index (χ2v) is 7.45. The number of hydrogen-bond acceptors (Lipinski definition) is 5. The highest BCUT2D eigenvalue weighted by atomic mass is 127. The van der Waals surface area contributed by atoms with E-state index in [4.69, 9.17) is 9.26 Å². The first-order valence-electron chi connectivity index (χ1n) is 10.5. The summed E-state index contributed by atoms with van der Waals surface area (Å²) in [7, 11) is 1.69. The number of hydrogen-bond donors (Lipinski definition) is 2. The minimum absolute atomic E-state index is 0. The van der Waals surface area contributed by atoms with Crippen molar-refractivity contribution in [2.75, 3.05) is 26.7 Å². The third kappa shape index (κ3) is 8.89. The summed E-state index contributed by atoms with van der Waals surface area (Å²) in [6.45, 7) is 10.8. The highest BCUT2D eigenvalue weighted by Crippen LogP contribution is 2.21. The van der Waals surface area contributed by atoms with E-state index in [1.165, 1.54) is 5.56 Å². The Kier molecular flexibility index (Phi) is 12.4. The van der Waals surface area contributed by atoms with Gasteiger partial charge in [-0.3, -0.25) is 4.99 Å². The SMILES string of the molecule is CCNC(=NCCCc1nc(C(C)C)no1)NCCC(C)c1ccc(OC)cc1.I. The molecule has 2 N–H and O–H groups in total. The van der Waals surface area contributed by atoms with Crippen molar-refractivity contribution in [1.82, 2.24) is 20.8 Å². The fourth-order valence-corrected chi connectivity index (χ4v) is 2.87. The van der Waals surface area contributed by atoms with Gasteiger partial charge in [-0.05, 0) is 43.4 Å². The molecule has 1 atom stereocenters. The Bertz CT molecular complexity index is 746. The predicted octanol–water partition coefficient (Wildman–Crippen LogP) is 4.50. The van der Waals surface area contributed by atoms with Crippen molar-refractivity contribution in [3.63, 3.8) is 0 Å². The van der Waals surface area contributed by atoms with Crippen molar-refractivity contribution in [3.8, 4) is 5.75 Å². The molecule has 0 radical (unpaired) electrons. The van der Waals surface area contributed by atoms with E-state index in [9.17, 15) is 0 Å². The van der Waals surface area contributed by atoms with Crippen molar-refractivity contribution in [2.45, 2.75) is 58.8 Å². The number of ether oxygens (including phenoxy) is 1. The number of benzene rings is 1. The van der Waals surface area contributed by atoms with Crippen LogP contribution in [0.4, 0.5) is 0 Å². The number of aryl methyl sites for hydroxylation is 1. The minimum atomic E-state index is 0. The quantitative estimate of drug-likeness (QED) is 0.193. The van der Waals surface area contributed by atoms with Gasteiger partial charge in [-0.2, -0.15) is 4.98 Å². The number of nitrogens with one attached hydrogen (secondary N) is 2. The highest BCUT2D eigenvalue weighted by Gasteiger charge is 2.09. The van der Waals surface area contributed by atoms with Gasteiger partial charge in [0.05, 0.1) is 7.11 Å². The summed E-state index contributed by atoms with van der Waals surface area (Å²) in [6, 6.07) is 8.28. The van der Waals surface area contributed by atoms with E-state index in [0.29, 0.717) is 18.4 Å². The molecular weight excluding hydrogens is 493 g/mol. The summed E-state index contributed by atoms with van der Waals surface area (Å²) in [5.74, 6) is 3.95. The van der Waals surface area contributed by atoms with Crippen molar-refractivity contribution >= 4 is 29.9 Å². The minimum Gasteiger partial charge on any atom is -0.497 e. The molecule has 0 aliphatic heterocycles. The van der Waals surface area contributed by atoms with Gasteiger partial charge in [0.1, 0.15) is 5.75 Å². The molecule has 2 rings (SSSR count). The van der Waals surface area contributed by atoms with E-state index in [1.54, 1.807) is 7.11 Å². The Hall–Kier alpha value is -1.84. The van der Waals surface area contributed by atoms with Crippen molar-refractivity contribution in [3.05, 3.63) is 41.5 Å². The second kappa shape index (κ2) is 14.2. The number of guanidine groups is 1. The van der Waals surface area contributed by atoms with Crippen LogP contribution in [0.2, 0.25) is 0 Å². The van der Waals surface area contributed by atoms with E-state index in [-0.39, 0.29) is 29.9 Å². The van der Waals surface area contributed by atoms with Crippen molar-refractivity contribution < 1.29 is 9.26 Å². The number of methoxy groups -OCH3 is 1. The molecule has 1 aromatic heterocycles. The lowest BCUT2D eigenvalue weighted by atomic mass is 9.98. The number of halogens is 1. The molecule has 1 aromatic carbocycles. The Morgan fingerprint density at radius 2 is 1.90 bits per heavy atom. The summed E-state index contributed by atoms with van der Waals surface area (Å²) >= 11 is 0. The van der Waals surface area contributed by atoms with Crippen LogP contribution in [0.15, 0.2) is 33.8 Å². The van der Waals surface area contributed by atoms with Crippen LogP contribution < -0.4 is 15.4 Å². The average molecular weight is 529 g/mol. The van der Waals surface area contributed by atoms with Gasteiger partial charge in [0.15, 0.2) is 11.8 Å². The van der Waals surface area contributed by atoms with Crippen LogP contribution >= 0.6 is 24.0 Å². The summed E-state index contributed by atoms with van der Waals surface area (Å²) in [6.07, 6.45) is 2.65. The zero-order valence-corrected chi connectivity index (χ0v) is 21.1. The topological polar surface area (TPSA) is 84.6 Å². The summed E-state index contributed by atoms with van der Waals surface area (Å²) in [4.78, 5) is 9.06. The molecule has 1 heterocycles. The van der Waals surface area contributed by atoms with Crippen LogP contribution in [-0.2, 0) is 6.42 Å². The molecule has 0 fully saturated rings. The molecule has 0 spiro atoms. The third-order valence-corrected chi connectivity index (χ3v) is 4.72. The lowest BCUT2D eigenvalue weighted by Gasteiger charge is -2.15. The molecule has 0 aliphatic rings. The fraction of sp³-hybridized carbons (Fsp3) is 0.591. The molecule has 8 heteroatoms. The van der Waals surface area contributed by atoms with Gasteiger partial charge in [-0.15, -0.1) is 24.0 Å². The predicted molar refractivity (Wildman–Crippen MR) is 132 cm³/mol. The van der Waals surface area contributed by atoms with E-state index in [0.717, 1.165) is 49.9 Å². The first kappa shape index (κ1) is 26.2. The number of aromatic nitrogens is 2. The van der Waals surface area contributed by atoms with Gasteiger partial charge in [0.2, 0.25) is 5.89 Å². The zero-order valence-electron chi connectivity index (χ0n) is 18.8.